The summed E-state index contributed by atoms with van der Waals surface area (Å²) < 4.78 is 20.9. The van der Waals surface area contributed by atoms with Gasteiger partial charge in [-0.2, -0.15) is 0 Å². The molecule has 0 saturated carbocycles. The summed E-state index contributed by atoms with van der Waals surface area (Å²) in [5, 5.41) is 2.79. The van der Waals surface area contributed by atoms with E-state index in [1.54, 1.807) is 7.11 Å². The molecule has 0 bridgehead atoms. The Hall–Kier alpha value is 0.230. The molecule has 0 saturated heterocycles. The maximum atomic E-state index is 11.8. The van der Waals surface area contributed by atoms with Crippen LogP contribution in [0.2, 0.25) is 0 Å². The van der Waals surface area contributed by atoms with Gasteiger partial charge in [-0.25, -0.2) is 4.79 Å². The molecule has 0 aliphatic carbocycles. The van der Waals surface area contributed by atoms with Crippen LogP contribution < -0.4 is 14.8 Å². The molecular formula is C20H21I4NO4. The third-order valence-corrected chi connectivity index (χ3v) is 6.74. The van der Waals surface area contributed by atoms with Crippen LogP contribution in [-0.4, -0.2) is 25.3 Å². The van der Waals surface area contributed by atoms with Crippen molar-refractivity contribution in [1.82, 2.24) is 5.32 Å². The van der Waals surface area contributed by atoms with E-state index < -0.39 is 11.7 Å². The molecule has 1 amide bonds. The van der Waals surface area contributed by atoms with Crippen molar-refractivity contribution in [1.29, 1.82) is 0 Å². The Bertz CT molecular complexity index is 851. The molecule has 0 fully saturated rings. The average Bonchev–Trinajstić information content (AvgIpc) is 2.56. The number of halogens is 4. The zero-order chi connectivity index (χ0) is 21.8. The van der Waals surface area contributed by atoms with Gasteiger partial charge in [-0.05, 0) is 147 Å². The largest absolute Gasteiger partial charge is 0.495 e. The first kappa shape index (κ1) is 25.5. The highest BCUT2D eigenvalue weighted by molar-refractivity contribution is 14.1. The van der Waals surface area contributed by atoms with E-state index in [-0.39, 0.29) is 0 Å². The molecular weight excluding hydrogens is 826 g/mol. The smallest absolute Gasteiger partial charge is 0.407 e. The molecule has 5 nitrogen and oxygen atoms in total. The molecule has 0 radical (unpaired) electrons. The highest BCUT2D eigenvalue weighted by Crippen LogP contribution is 2.37. The topological polar surface area (TPSA) is 56.8 Å². The predicted molar refractivity (Wildman–Crippen MR) is 148 cm³/mol. The first-order chi connectivity index (χ1) is 13.5. The van der Waals surface area contributed by atoms with Crippen LogP contribution in [-0.2, 0) is 11.2 Å². The quantitative estimate of drug-likeness (QED) is 0.320. The molecule has 0 aliphatic heterocycles. The van der Waals surface area contributed by atoms with Gasteiger partial charge in [-0.1, -0.05) is 0 Å². The zero-order valence-corrected chi connectivity index (χ0v) is 25.0. The van der Waals surface area contributed by atoms with Gasteiger partial charge in [0.05, 0.1) is 21.4 Å². The molecule has 0 heterocycles. The van der Waals surface area contributed by atoms with Crippen LogP contribution in [0.3, 0.4) is 0 Å². The lowest BCUT2D eigenvalue weighted by atomic mass is 10.1. The van der Waals surface area contributed by atoms with E-state index in [0.29, 0.717) is 13.0 Å². The zero-order valence-electron chi connectivity index (χ0n) is 16.4. The van der Waals surface area contributed by atoms with Crippen LogP contribution in [0.15, 0.2) is 24.3 Å². The number of amides is 1. The SMILES string of the molecule is COc1c(I)cc(Oc2c(I)cc(CCNC(=O)OC(C)(C)C)cc2I)cc1I. The molecule has 0 aliphatic rings. The van der Waals surface area contributed by atoms with Crippen molar-refractivity contribution in [2.75, 3.05) is 13.7 Å². The van der Waals surface area contributed by atoms with Crippen molar-refractivity contribution in [3.63, 3.8) is 0 Å². The lowest BCUT2D eigenvalue weighted by molar-refractivity contribution is 0.0528. The molecule has 158 valence electrons. The molecule has 0 spiro atoms. The summed E-state index contributed by atoms with van der Waals surface area (Å²) in [6, 6.07) is 8.08. The number of carbonyl (C=O) groups is 1. The van der Waals surface area contributed by atoms with Crippen molar-refractivity contribution < 1.29 is 19.0 Å². The fourth-order valence-corrected chi connectivity index (χ4v) is 6.65. The van der Waals surface area contributed by atoms with Crippen molar-refractivity contribution in [2.45, 2.75) is 32.8 Å². The van der Waals surface area contributed by atoms with E-state index in [4.69, 9.17) is 14.2 Å². The van der Waals surface area contributed by atoms with E-state index >= 15 is 0 Å². The predicted octanol–water partition coefficient (Wildman–Crippen LogP) is 6.97. The summed E-state index contributed by atoms with van der Waals surface area (Å²) in [5.41, 5.74) is 0.631. The number of nitrogens with one attached hydrogen (secondary N) is 1. The van der Waals surface area contributed by atoms with Gasteiger partial charge in [0.1, 0.15) is 17.1 Å². The fourth-order valence-electron chi connectivity index (χ4n) is 2.39. The van der Waals surface area contributed by atoms with Crippen LogP contribution in [0.5, 0.6) is 17.2 Å². The van der Waals surface area contributed by atoms with Gasteiger partial charge in [0.2, 0.25) is 0 Å². The number of hydrogen-bond donors (Lipinski definition) is 1. The number of rotatable bonds is 6. The maximum absolute atomic E-state index is 11.8. The van der Waals surface area contributed by atoms with E-state index in [1.807, 2.05) is 32.9 Å². The second kappa shape index (κ2) is 11.2. The molecule has 9 heteroatoms. The van der Waals surface area contributed by atoms with Crippen LogP contribution in [0.1, 0.15) is 26.3 Å². The van der Waals surface area contributed by atoms with Gasteiger partial charge in [-0.3, -0.25) is 0 Å². The molecule has 2 aromatic rings. The van der Waals surface area contributed by atoms with Gasteiger partial charge in [0.25, 0.3) is 0 Å². The molecule has 0 aromatic heterocycles. The Morgan fingerprint density at radius 2 is 1.45 bits per heavy atom. The normalized spacial score (nSPS) is 11.2. The van der Waals surface area contributed by atoms with E-state index in [1.165, 1.54) is 0 Å². The van der Waals surface area contributed by atoms with Crippen LogP contribution in [0.4, 0.5) is 4.79 Å². The van der Waals surface area contributed by atoms with Gasteiger partial charge < -0.3 is 19.5 Å². The second-order valence-electron chi connectivity index (χ2n) is 7.09. The Labute approximate surface area is 226 Å². The number of benzene rings is 2. The summed E-state index contributed by atoms with van der Waals surface area (Å²) in [7, 11) is 1.67. The molecule has 2 rings (SSSR count). The van der Waals surface area contributed by atoms with Gasteiger partial charge in [-0.15, -0.1) is 0 Å². The second-order valence-corrected chi connectivity index (χ2v) is 11.7. The number of hydrogen-bond acceptors (Lipinski definition) is 4. The van der Waals surface area contributed by atoms with Crippen LogP contribution in [0.25, 0.3) is 0 Å². The van der Waals surface area contributed by atoms with Crippen molar-refractivity contribution in [3.05, 3.63) is 44.1 Å². The van der Waals surface area contributed by atoms with E-state index in [2.05, 4.69) is 108 Å². The average molecular weight is 847 g/mol. The number of carbonyl (C=O) groups excluding carboxylic acids is 1. The molecule has 0 unspecified atom stereocenters. The van der Waals surface area contributed by atoms with Crippen LogP contribution in [0, 0.1) is 14.3 Å². The third-order valence-electron chi connectivity index (χ3n) is 3.54. The first-order valence-electron chi connectivity index (χ1n) is 8.66. The number of alkyl carbamates (subject to hydrolysis) is 1. The van der Waals surface area contributed by atoms with Crippen molar-refractivity contribution >= 4 is 96.5 Å². The summed E-state index contributed by atoms with van der Waals surface area (Å²) >= 11 is 9.06. The van der Waals surface area contributed by atoms with Gasteiger partial charge >= 0.3 is 6.09 Å². The Morgan fingerprint density at radius 1 is 0.931 bits per heavy atom. The minimum absolute atomic E-state index is 0.398. The minimum atomic E-state index is -0.495. The number of ether oxygens (including phenoxy) is 3. The van der Waals surface area contributed by atoms with E-state index in [9.17, 15) is 4.79 Å². The Morgan fingerprint density at radius 3 is 1.93 bits per heavy atom. The standard InChI is InChI=1S/C20H21I4NO4/c1-20(2,3)29-19(26)25-6-5-11-7-13(21)18(14(22)8-11)28-12-9-15(23)17(27-4)16(24)10-12/h7-10H,5-6H2,1-4H3,(H,25,26). The minimum Gasteiger partial charge on any atom is -0.495 e. The Kier molecular flexibility index (Phi) is 9.84. The van der Waals surface area contributed by atoms with Gasteiger partial charge in [0, 0.05) is 6.54 Å². The van der Waals surface area contributed by atoms with Crippen LogP contribution >= 0.6 is 90.4 Å². The summed E-state index contributed by atoms with van der Waals surface area (Å²) in [4.78, 5) is 11.8. The monoisotopic (exact) mass is 847 g/mol. The Balaban J connectivity index is 2.07. The molecule has 29 heavy (non-hydrogen) atoms. The van der Waals surface area contributed by atoms with Gasteiger partial charge in [0.15, 0.2) is 5.75 Å². The third kappa shape index (κ3) is 8.01. The highest BCUT2D eigenvalue weighted by atomic mass is 127. The lowest BCUT2D eigenvalue weighted by Crippen LogP contribution is -2.33. The van der Waals surface area contributed by atoms with Crippen molar-refractivity contribution in [3.8, 4) is 17.2 Å². The number of methoxy groups -OCH3 is 1. The lowest BCUT2D eigenvalue weighted by Gasteiger charge is -2.19. The fraction of sp³-hybridized carbons (Fsp3) is 0.350. The molecule has 2 aromatic carbocycles. The first-order valence-corrected chi connectivity index (χ1v) is 13.0. The molecule has 1 N–H and O–H groups in total. The summed E-state index contributed by atoms with van der Waals surface area (Å²) in [5.74, 6) is 2.46. The summed E-state index contributed by atoms with van der Waals surface area (Å²) in [6.07, 6.45) is 0.315. The maximum Gasteiger partial charge on any atom is 0.407 e. The highest BCUT2D eigenvalue weighted by Gasteiger charge is 2.16. The summed E-state index contributed by atoms with van der Waals surface area (Å²) in [6.45, 7) is 6.05. The molecule has 0 atom stereocenters. The van der Waals surface area contributed by atoms with E-state index in [0.717, 1.165) is 37.1 Å². The van der Waals surface area contributed by atoms with Crippen molar-refractivity contribution in [2.24, 2.45) is 0 Å².